The summed E-state index contributed by atoms with van der Waals surface area (Å²) in [6.07, 6.45) is 15.8. The maximum absolute atomic E-state index is 11.9. The molecule has 0 aromatic heterocycles. The van der Waals surface area contributed by atoms with Crippen molar-refractivity contribution in [2.24, 2.45) is 0 Å². The van der Waals surface area contributed by atoms with Gasteiger partial charge in [0.25, 0.3) is 0 Å². The molecule has 0 radical (unpaired) electrons. The normalized spacial score (nSPS) is 12.8. The first-order valence-electron chi connectivity index (χ1n) is 10.6. The molecule has 0 rings (SSSR count). The Kier molecular flexibility index (Phi) is 14.4. The number of rotatable bonds is 17. The number of carboxylic acid groups (broad SMARTS) is 1. The number of amides is 1. The number of quaternary nitrogens is 1. The van der Waals surface area contributed by atoms with Crippen LogP contribution in [0.5, 0.6) is 0 Å². The molecular weight excluding hydrogens is 328 g/mol. The topological polar surface area (TPSA) is 69.2 Å². The van der Waals surface area contributed by atoms with E-state index in [9.17, 15) is 14.7 Å². The van der Waals surface area contributed by atoms with Crippen LogP contribution in [0.25, 0.3) is 0 Å². The second-order valence-corrected chi connectivity index (χ2v) is 8.40. The zero-order valence-corrected chi connectivity index (χ0v) is 17.6. The molecular formula is C21H42N2O3. The summed E-state index contributed by atoms with van der Waals surface area (Å²) in [6, 6.07) is 0. The minimum absolute atomic E-state index is 0.118. The fourth-order valence-corrected chi connectivity index (χ4v) is 3.10. The SMILES string of the molecule is CCCCCCCCCCCCCCCC(=O)NC(C(=O)[O-])[N+](C)(C)C. The van der Waals surface area contributed by atoms with Gasteiger partial charge in [-0.1, -0.05) is 84.0 Å². The summed E-state index contributed by atoms with van der Waals surface area (Å²) in [6.45, 7) is 2.25. The first-order chi connectivity index (χ1) is 12.3. The van der Waals surface area contributed by atoms with Gasteiger partial charge in [0.05, 0.1) is 21.1 Å². The fourth-order valence-electron chi connectivity index (χ4n) is 3.10. The van der Waals surface area contributed by atoms with Crippen LogP contribution in [0.15, 0.2) is 0 Å². The Bertz CT molecular complexity index is 378. The molecule has 0 heterocycles. The van der Waals surface area contributed by atoms with E-state index in [1.54, 1.807) is 21.1 Å². The number of aliphatic carboxylic acids is 1. The number of likely N-dealkylation sites (N-methyl/N-ethyl adjacent to an activating group) is 1. The summed E-state index contributed by atoms with van der Waals surface area (Å²) >= 11 is 0. The molecule has 1 amide bonds. The number of unbranched alkanes of at least 4 members (excludes halogenated alkanes) is 12. The van der Waals surface area contributed by atoms with Gasteiger partial charge in [0.15, 0.2) is 0 Å². The molecule has 0 aliphatic rings. The number of nitrogens with one attached hydrogen (secondary N) is 1. The van der Waals surface area contributed by atoms with E-state index in [1.165, 1.54) is 64.2 Å². The van der Waals surface area contributed by atoms with Crippen molar-refractivity contribution in [2.45, 2.75) is 103 Å². The third kappa shape index (κ3) is 14.1. The quantitative estimate of drug-likeness (QED) is 0.242. The van der Waals surface area contributed by atoms with Crippen molar-refractivity contribution < 1.29 is 19.2 Å². The van der Waals surface area contributed by atoms with E-state index in [0.717, 1.165) is 19.3 Å². The van der Waals surface area contributed by atoms with Crippen LogP contribution in [-0.4, -0.2) is 43.7 Å². The molecule has 0 bridgehead atoms. The minimum Gasteiger partial charge on any atom is -0.542 e. The molecule has 5 heteroatoms. The Morgan fingerprint density at radius 1 is 0.769 bits per heavy atom. The van der Waals surface area contributed by atoms with Gasteiger partial charge >= 0.3 is 0 Å². The summed E-state index contributed by atoms with van der Waals surface area (Å²) in [7, 11) is 5.18. The summed E-state index contributed by atoms with van der Waals surface area (Å²) in [4.78, 5) is 23.0. The molecule has 0 fully saturated rings. The Balaban J connectivity index is 3.52. The molecule has 0 aliphatic heterocycles. The molecule has 0 aromatic carbocycles. The molecule has 1 atom stereocenters. The van der Waals surface area contributed by atoms with Crippen LogP contribution in [0, 0.1) is 0 Å². The van der Waals surface area contributed by atoms with Crippen LogP contribution in [0.4, 0.5) is 0 Å². The average Bonchev–Trinajstić information content (AvgIpc) is 2.55. The van der Waals surface area contributed by atoms with Crippen LogP contribution < -0.4 is 10.4 Å². The maximum Gasteiger partial charge on any atom is 0.224 e. The summed E-state index contributed by atoms with van der Waals surface area (Å²) in [5, 5.41) is 13.7. The second kappa shape index (κ2) is 15.0. The van der Waals surface area contributed by atoms with Crippen LogP contribution in [0.2, 0.25) is 0 Å². The Labute approximate surface area is 161 Å². The van der Waals surface area contributed by atoms with Crippen molar-refractivity contribution >= 4 is 11.9 Å². The molecule has 0 spiro atoms. The van der Waals surface area contributed by atoms with Gasteiger partial charge in [-0.3, -0.25) is 4.79 Å². The van der Waals surface area contributed by atoms with E-state index in [4.69, 9.17) is 0 Å². The number of carbonyl (C=O) groups is 2. The molecule has 5 nitrogen and oxygen atoms in total. The van der Waals surface area contributed by atoms with Crippen LogP contribution in [0.1, 0.15) is 96.8 Å². The van der Waals surface area contributed by atoms with E-state index < -0.39 is 12.1 Å². The molecule has 26 heavy (non-hydrogen) atoms. The third-order valence-electron chi connectivity index (χ3n) is 4.80. The highest BCUT2D eigenvalue weighted by Crippen LogP contribution is 2.13. The Morgan fingerprint density at radius 2 is 1.15 bits per heavy atom. The zero-order chi connectivity index (χ0) is 19.8. The molecule has 154 valence electrons. The van der Waals surface area contributed by atoms with E-state index >= 15 is 0 Å². The third-order valence-corrected chi connectivity index (χ3v) is 4.80. The molecule has 1 N–H and O–H groups in total. The highest BCUT2D eigenvalue weighted by Gasteiger charge is 2.26. The van der Waals surface area contributed by atoms with Gasteiger partial charge in [0, 0.05) is 6.42 Å². The predicted octanol–water partition coefficient (Wildman–Crippen LogP) is 3.37. The number of hydrogen-bond acceptors (Lipinski definition) is 3. The predicted molar refractivity (Wildman–Crippen MR) is 105 cm³/mol. The number of nitrogens with zero attached hydrogens (tertiary/aromatic N) is 1. The van der Waals surface area contributed by atoms with Gasteiger partial charge in [-0.15, -0.1) is 0 Å². The highest BCUT2D eigenvalue weighted by molar-refractivity contribution is 5.81. The largest absolute Gasteiger partial charge is 0.542 e. The second-order valence-electron chi connectivity index (χ2n) is 8.40. The molecule has 0 saturated heterocycles. The molecule has 0 aliphatic carbocycles. The van der Waals surface area contributed by atoms with Gasteiger partial charge in [-0.25, -0.2) is 0 Å². The van der Waals surface area contributed by atoms with Gasteiger partial charge in [0.2, 0.25) is 12.1 Å². The zero-order valence-electron chi connectivity index (χ0n) is 17.6. The van der Waals surface area contributed by atoms with E-state index in [-0.39, 0.29) is 10.4 Å². The van der Waals surface area contributed by atoms with Gasteiger partial charge in [-0.2, -0.15) is 0 Å². The lowest BCUT2D eigenvalue weighted by molar-refractivity contribution is -0.891. The summed E-state index contributed by atoms with van der Waals surface area (Å²) in [5.41, 5.74) is 0. The fraction of sp³-hybridized carbons (Fsp3) is 0.905. The Morgan fingerprint density at radius 3 is 1.50 bits per heavy atom. The lowest BCUT2D eigenvalue weighted by atomic mass is 10.0. The van der Waals surface area contributed by atoms with E-state index in [2.05, 4.69) is 12.2 Å². The first-order valence-corrected chi connectivity index (χ1v) is 10.6. The van der Waals surface area contributed by atoms with Crippen LogP contribution in [-0.2, 0) is 9.59 Å². The first kappa shape index (κ1) is 24.9. The smallest absolute Gasteiger partial charge is 0.224 e. The van der Waals surface area contributed by atoms with Crippen molar-refractivity contribution in [2.75, 3.05) is 21.1 Å². The number of carboxylic acids is 1. The highest BCUT2D eigenvalue weighted by atomic mass is 16.4. The van der Waals surface area contributed by atoms with Crippen LogP contribution in [0.3, 0.4) is 0 Å². The van der Waals surface area contributed by atoms with Crippen molar-refractivity contribution in [1.29, 1.82) is 0 Å². The lowest BCUT2D eigenvalue weighted by Crippen LogP contribution is -2.63. The summed E-state index contributed by atoms with van der Waals surface area (Å²) < 4.78 is 0.118. The summed E-state index contributed by atoms with van der Waals surface area (Å²) in [5.74, 6) is -1.44. The molecule has 1 unspecified atom stereocenters. The monoisotopic (exact) mass is 370 g/mol. The van der Waals surface area contributed by atoms with Gasteiger partial charge in [-0.05, 0) is 6.42 Å². The van der Waals surface area contributed by atoms with Crippen molar-refractivity contribution in [3.8, 4) is 0 Å². The van der Waals surface area contributed by atoms with Crippen molar-refractivity contribution in [1.82, 2.24) is 5.32 Å². The maximum atomic E-state index is 11.9. The molecule has 0 saturated carbocycles. The average molecular weight is 371 g/mol. The van der Waals surface area contributed by atoms with Crippen molar-refractivity contribution in [3.63, 3.8) is 0 Å². The van der Waals surface area contributed by atoms with Crippen LogP contribution >= 0.6 is 0 Å². The Hall–Kier alpha value is -1.10. The molecule has 0 aromatic rings. The minimum atomic E-state index is -1.24. The number of hydrogen-bond donors (Lipinski definition) is 1. The standard InChI is InChI=1S/C21H42N2O3/c1-5-6-7-8-9-10-11-12-13-14-15-16-17-18-19(24)22-20(21(25)26)23(2,3)4/h20H,5-18H2,1-4H3,(H-,22,24,25,26). The van der Waals surface area contributed by atoms with Crippen molar-refractivity contribution in [3.05, 3.63) is 0 Å². The van der Waals surface area contributed by atoms with E-state index in [1.807, 2.05) is 0 Å². The van der Waals surface area contributed by atoms with Gasteiger partial charge in [0.1, 0.15) is 5.97 Å². The number of carbonyl (C=O) groups excluding carboxylic acids is 2. The lowest BCUT2D eigenvalue weighted by Gasteiger charge is -2.34. The van der Waals surface area contributed by atoms with Gasteiger partial charge < -0.3 is 19.7 Å². The van der Waals surface area contributed by atoms with E-state index in [0.29, 0.717) is 6.42 Å².